The zero-order valence-corrected chi connectivity index (χ0v) is 14.1. The molecule has 1 N–H and O–H groups in total. The molecule has 0 amide bonds. The first-order valence-corrected chi connectivity index (χ1v) is 8.30. The number of aliphatic hydroxyl groups is 1. The van der Waals surface area contributed by atoms with Gasteiger partial charge in [-0.1, -0.05) is 6.07 Å². The number of β-amino-alcohol motifs (C(OH)–C–C–N with tert-alkyl or cyclic N) is 1. The van der Waals surface area contributed by atoms with Crippen molar-refractivity contribution >= 4 is 0 Å². The number of rotatable bonds is 7. The van der Waals surface area contributed by atoms with Crippen LogP contribution in [0.2, 0.25) is 0 Å². The average molecular weight is 331 g/mol. The number of pyridine rings is 1. The van der Waals surface area contributed by atoms with Crippen molar-refractivity contribution in [3.05, 3.63) is 42.6 Å². The van der Waals surface area contributed by atoms with Crippen LogP contribution >= 0.6 is 0 Å². The summed E-state index contributed by atoms with van der Waals surface area (Å²) in [4.78, 5) is 12.9. The second kappa shape index (κ2) is 8.34. The number of imidazole rings is 1. The second-order valence-electron chi connectivity index (χ2n) is 6.26. The third-order valence-electron chi connectivity index (χ3n) is 4.13. The van der Waals surface area contributed by atoms with Crippen molar-refractivity contribution in [1.82, 2.24) is 24.3 Å². The third-order valence-corrected chi connectivity index (χ3v) is 4.13. The van der Waals surface area contributed by atoms with E-state index in [2.05, 4.69) is 25.8 Å². The number of likely N-dealkylation sites (N-methyl/N-ethyl adjacent to an activating group) is 1. The van der Waals surface area contributed by atoms with Gasteiger partial charge in [0.2, 0.25) is 0 Å². The molecule has 0 saturated carbocycles. The van der Waals surface area contributed by atoms with Gasteiger partial charge in [0.1, 0.15) is 12.1 Å². The summed E-state index contributed by atoms with van der Waals surface area (Å²) in [7, 11) is 2.02. The van der Waals surface area contributed by atoms with E-state index >= 15 is 0 Å². The minimum Gasteiger partial charge on any atom is -0.390 e. The molecule has 7 nitrogen and oxygen atoms in total. The second-order valence-corrected chi connectivity index (χ2v) is 6.26. The molecule has 0 radical (unpaired) electrons. The zero-order valence-electron chi connectivity index (χ0n) is 14.1. The zero-order chi connectivity index (χ0) is 16.8. The molecule has 7 heteroatoms. The van der Waals surface area contributed by atoms with Crippen LogP contribution in [0, 0.1) is 0 Å². The first-order valence-electron chi connectivity index (χ1n) is 8.30. The van der Waals surface area contributed by atoms with Crippen molar-refractivity contribution in [2.24, 2.45) is 0 Å². The van der Waals surface area contributed by atoms with E-state index in [9.17, 15) is 5.11 Å². The lowest BCUT2D eigenvalue weighted by atomic mass is 10.2. The van der Waals surface area contributed by atoms with Gasteiger partial charge >= 0.3 is 0 Å². The molecule has 1 aliphatic heterocycles. The van der Waals surface area contributed by atoms with E-state index in [1.807, 2.05) is 30.1 Å². The van der Waals surface area contributed by atoms with Crippen molar-refractivity contribution in [2.75, 3.05) is 46.4 Å². The van der Waals surface area contributed by atoms with Crippen LogP contribution in [0.25, 0.3) is 5.82 Å². The summed E-state index contributed by atoms with van der Waals surface area (Å²) in [6, 6.07) is 4.04. The van der Waals surface area contributed by atoms with E-state index in [0.29, 0.717) is 13.1 Å². The van der Waals surface area contributed by atoms with Gasteiger partial charge in [-0.3, -0.25) is 14.4 Å². The molecular formula is C17H25N5O2. The normalized spacial score (nSPS) is 17.3. The molecule has 2 aromatic rings. The van der Waals surface area contributed by atoms with E-state index in [4.69, 9.17) is 4.74 Å². The lowest BCUT2D eigenvalue weighted by molar-refractivity contribution is 0.00825. The summed E-state index contributed by atoms with van der Waals surface area (Å²) < 4.78 is 7.21. The van der Waals surface area contributed by atoms with Gasteiger partial charge in [-0.2, -0.15) is 0 Å². The van der Waals surface area contributed by atoms with E-state index in [-0.39, 0.29) is 6.10 Å². The Morgan fingerprint density at radius 3 is 2.83 bits per heavy atom. The number of hydrogen-bond donors (Lipinski definition) is 1. The quantitative estimate of drug-likeness (QED) is 0.792. The largest absolute Gasteiger partial charge is 0.390 e. The van der Waals surface area contributed by atoms with Gasteiger partial charge < -0.3 is 9.84 Å². The molecule has 1 fully saturated rings. The Balaban J connectivity index is 1.46. The van der Waals surface area contributed by atoms with Crippen molar-refractivity contribution in [2.45, 2.75) is 12.6 Å². The summed E-state index contributed by atoms with van der Waals surface area (Å²) in [5.41, 5.74) is 1.12. The molecule has 1 atom stereocenters. The van der Waals surface area contributed by atoms with Crippen LogP contribution in [0.4, 0.5) is 0 Å². The van der Waals surface area contributed by atoms with E-state index < -0.39 is 0 Å². The number of hydrogen-bond acceptors (Lipinski definition) is 6. The fourth-order valence-corrected chi connectivity index (χ4v) is 2.93. The summed E-state index contributed by atoms with van der Waals surface area (Å²) in [5.74, 6) is 0.853. The lowest BCUT2D eigenvalue weighted by Crippen LogP contribution is -2.43. The Kier molecular flexibility index (Phi) is 5.92. The third kappa shape index (κ3) is 4.85. The highest BCUT2D eigenvalue weighted by Crippen LogP contribution is 2.08. The van der Waals surface area contributed by atoms with Crippen LogP contribution in [0.5, 0.6) is 0 Å². The molecule has 130 valence electrons. The van der Waals surface area contributed by atoms with E-state index in [0.717, 1.165) is 44.2 Å². The van der Waals surface area contributed by atoms with Gasteiger partial charge in [0.05, 0.1) is 19.3 Å². The highest BCUT2D eigenvalue weighted by atomic mass is 16.5. The van der Waals surface area contributed by atoms with Crippen molar-refractivity contribution < 1.29 is 9.84 Å². The maximum Gasteiger partial charge on any atom is 0.137 e. The minimum atomic E-state index is -0.355. The first-order chi connectivity index (χ1) is 11.7. The van der Waals surface area contributed by atoms with Crippen LogP contribution < -0.4 is 0 Å². The number of nitrogens with zero attached hydrogens (tertiary/aromatic N) is 5. The predicted molar refractivity (Wildman–Crippen MR) is 91.0 cm³/mol. The van der Waals surface area contributed by atoms with E-state index in [1.54, 1.807) is 12.5 Å². The first kappa shape index (κ1) is 17.0. The molecule has 1 unspecified atom stereocenters. The Hall–Kier alpha value is -1.80. The van der Waals surface area contributed by atoms with Gasteiger partial charge in [-0.15, -0.1) is 0 Å². The van der Waals surface area contributed by atoms with Gasteiger partial charge in [0, 0.05) is 51.3 Å². The molecule has 3 heterocycles. The SMILES string of the molecule is CN(Cc1ccc(-n2ccnc2)nc1)CC(O)CN1CCOCC1. The number of ether oxygens (including phenoxy) is 1. The smallest absolute Gasteiger partial charge is 0.137 e. The molecular weight excluding hydrogens is 306 g/mol. The molecule has 3 rings (SSSR count). The van der Waals surface area contributed by atoms with Gasteiger partial charge in [-0.05, 0) is 18.7 Å². The summed E-state index contributed by atoms with van der Waals surface area (Å²) in [6.45, 7) is 5.43. The fourth-order valence-electron chi connectivity index (χ4n) is 2.93. The topological polar surface area (TPSA) is 66.7 Å². The molecule has 0 aromatic carbocycles. The standard InChI is InChI=1S/C17H25N5O2/c1-20(12-16(23)13-21-6-8-24-9-7-21)11-15-2-3-17(19-10-15)22-5-4-18-14-22/h2-5,10,14,16,23H,6-9,11-13H2,1H3. The van der Waals surface area contributed by atoms with Crippen molar-refractivity contribution in [3.8, 4) is 5.82 Å². The Labute approximate surface area is 142 Å². The molecule has 0 aliphatic carbocycles. The molecule has 1 aliphatic rings. The monoisotopic (exact) mass is 331 g/mol. The summed E-state index contributed by atoms with van der Waals surface area (Å²) in [6.07, 6.45) is 6.86. The molecule has 24 heavy (non-hydrogen) atoms. The van der Waals surface area contributed by atoms with Crippen LogP contribution in [-0.2, 0) is 11.3 Å². The predicted octanol–water partition coefficient (Wildman–Crippen LogP) is 0.392. The van der Waals surface area contributed by atoms with Gasteiger partial charge in [0.25, 0.3) is 0 Å². The fraction of sp³-hybridized carbons (Fsp3) is 0.529. The minimum absolute atomic E-state index is 0.355. The van der Waals surface area contributed by atoms with Gasteiger partial charge in [-0.25, -0.2) is 9.97 Å². The maximum atomic E-state index is 10.3. The van der Waals surface area contributed by atoms with Crippen LogP contribution in [-0.4, -0.2) is 82.0 Å². The van der Waals surface area contributed by atoms with Crippen molar-refractivity contribution in [3.63, 3.8) is 0 Å². The number of morpholine rings is 1. The number of aromatic nitrogens is 3. The van der Waals surface area contributed by atoms with E-state index in [1.165, 1.54) is 0 Å². The highest BCUT2D eigenvalue weighted by Gasteiger charge is 2.16. The Morgan fingerprint density at radius 1 is 1.33 bits per heavy atom. The molecule has 0 spiro atoms. The summed E-state index contributed by atoms with van der Waals surface area (Å²) >= 11 is 0. The van der Waals surface area contributed by atoms with Crippen LogP contribution in [0.15, 0.2) is 37.1 Å². The molecule has 2 aromatic heterocycles. The van der Waals surface area contributed by atoms with Gasteiger partial charge in [0.15, 0.2) is 0 Å². The average Bonchev–Trinajstić information content (AvgIpc) is 3.10. The highest BCUT2D eigenvalue weighted by molar-refractivity contribution is 5.25. The summed E-state index contributed by atoms with van der Waals surface area (Å²) in [5, 5.41) is 10.3. The maximum absolute atomic E-state index is 10.3. The van der Waals surface area contributed by atoms with Crippen LogP contribution in [0.3, 0.4) is 0 Å². The Bertz CT molecular complexity index is 596. The number of aliphatic hydroxyl groups excluding tert-OH is 1. The lowest BCUT2D eigenvalue weighted by Gasteiger charge is -2.30. The van der Waals surface area contributed by atoms with Crippen LogP contribution in [0.1, 0.15) is 5.56 Å². The molecule has 0 bridgehead atoms. The Morgan fingerprint density at radius 2 is 2.17 bits per heavy atom. The van der Waals surface area contributed by atoms with Crippen molar-refractivity contribution in [1.29, 1.82) is 0 Å². The molecule has 1 saturated heterocycles.